The zero-order valence-electron chi connectivity index (χ0n) is 13.4. The Balaban J connectivity index is 2.43. The maximum atomic E-state index is 12.1. The third-order valence-corrected chi connectivity index (χ3v) is 3.72. The van der Waals surface area contributed by atoms with Crippen LogP contribution in [0.25, 0.3) is 0 Å². The lowest BCUT2D eigenvalue weighted by Gasteiger charge is -2.12. The van der Waals surface area contributed by atoms with Crippen LogP contribution in [0.3, 0.4) is 0 Å². The van der Waals surface area contributed by atoms with Gasteiger partial charge in [-0.15, -0.1) is 0 Å². The van der Waals surface area contributed by atoms with Crippen molar-refractivity contribution in [2.75, 3.05) is 32.2 Å². The van der Waals surface area contributed by atoms with E-state index in [1.807, 2.05) is 0 Å². The molecule has 10 heteroatoms. The molecule has 0 aliphatic rings. The summed E-state index contributed by atoms with van der Waals surface area (Å²) in [6.45, 7) is -0.734. The number of aliphatic imine (C=N–C) groups is 1. The molecule has 1 aromatic carbocycles. The predicted molar refractivity (Wildman–Crippen MR) is 85.9 cm³/mol. The van der Waals surface area contributed by atoms with Crippen molar-refractivity contribution < 1.29 is 26.3 Å². The van der Waals surface area contributed by atoms with Crippen molar-refractivity contribution in [1.29, 1.82) is 0 Å². The monoisotopic (exact) mass is 367 g/mol. The molecule has 0 unspecified atom stereocenters. The third-order valence-electron chi connectivity index (χ3n) is 2.77. The van der Waals surface area contributed by atoms with Crippen LogP contribution in [0.2, 0.25) is 0 Å². The van der Waals surface area contributed by atoms with Gasteiger partial charge in [-0.3, -0.25) is 4.99 Å². The summed E-state index contributed by atoms with van der Waals surface area (Å²) in [7, 11) is -1.51. The number of nitrogens with one attached hydrogen (secondary N) is 2. The lowest BCUT2D eigenvalue weighted by molar-refractivity contribution is -0.153. The summed E-state index contributed by atoms with van der Waals surface area (Å²) < 4.78 is 62.9. The van der Waals surface area contributed by atoms with Crippen molar-refractivity contribution in [1.82, 2.24) is 10.6 Å². The van der Waals surface area contributed by atoms with Gasteiger partial charge in [-0.1, -0.05) is 12.1 Å². The lowest BCUT2D eigenvalue weighted by Crippen LogP contribution is -2.39. The Kier molecular flexibility index (Phi) is 7.33. The first-order valence-corrected chi connectivity index (χ1v) is 9.06. The molecular formula is C14H20F3N3O3S. The number of nitrogens with zero attached hydrogens (tertiary/aromatic N) is 1. The molecule has 136 valence electrons. The number of alkyl halides is 3. The van der Waals surface area contributed by atoms with E-state index in [0.717, 1.165) is 11.8 Å². The Morgan fingerprint density at radius 3 is 2.33 bits per heavy atom. The summed E-state index contributed by atoms with van der Waals surface area (Å²) in [6, 6.07) is 6.15. The number of halogens is 3. The molecule has 0 heterocycles. The molecule has 0 saturated carbocycles. The normalized spacial score (nSPS) is 12.8. The average molecular weight is 367 g/mol. The van der Waals surface area contributed by atoms with Crippen LogP contribution in [-0.2, 0) is 16.4 Å². The van der Waals surface area contributed by atoms with Gasteiger partial charge in [0.2, 0.25) is 0 Å². The van der Waals surface area contributed by atoms with Crippen molar-refractivity contribution in [2.24, 2.45) is 4.99 Å². The summed E-state index contributed by atoms with van der Waals surface area (Å²) >= 11 is 0. The SMILES string of the molecule is CN=C(NCCS(C)(=O)=O)NCc1ccc(OCC(F)(F)F)cc1. The smallest absolute Gasteiger partial charge is 0.422 e. The molecule has 0 spiro atoms. The maximum Gasteiger partial charge on any atom is 0.422 e. The van der Waals surface area contributed by atoms with Crippen LogP contribution in [0, 0.1) is 0 Å². The molecule has 1 aromatic rings. The quantitative estimate of drug-likeness (QED) is 0.562. The third kappa shape index (κ3) is 9.23. The van der Waals surface area contributed by atoms with Gasteiger partial charge in [0.25, 0.3) is 0 Å². The zero-order chi connectivity index (χ0) is 18.2. The number of hydrogen-bond acceptors (Lipinski definition) is 4. The molecule has 0 fully saturated rings. The number of benzene rings is 1. The molecular weight excluding hydrogens is 347 g/mol. The number of hydrogen-bond donors (Lipinski definition) is 2. The highest BCUT2D eigenvalue weighted by Crippen LogP contribution is 2.18. The molecule has 0 aromatic heterocycles. The standard InChI is InChI=1S/C14H20F3N3O3S/c1-18-13(19-7-8-24(2,21)22)20-9-11-3-5-12(6-4-11)23-10-14(15,16)17/h3-6H,7-10H2,1-2H3,(H2,18,19,20). The van der Waals surface area contributed by atoms with E-state index in [9.17, 15) is 21.6 Å². The highest BCUT2D eigenvalue weighted by Gasteiger charge is 2.28. The summed E-state index contributed by atoms with van der Waals surface area (Å²) in [4.78, 5) is 3.95. The van der Waals surface area contributed by atoms with Crippen LogP contribution < -0.4 is 15.4 Å². The van der Waals surface area contributed by atoms with Crippen LogP contribution >= 0.6 is 0 Å². The zero-order valence-corrected chi connectivity index (χ0v) is 14.2. The van der Waals surface area contributed by atoms with Crippen LogP contribution in [0.1, 0.15) is 5.56 Å². The first-order chi connectivity index (χ1) is 11.1. The van der Waals surface area contributed by atoms with Gasteiger partial charge in [-0.2, -0.15) is 13.2 Å². The van der Waals surface area contributed by atoms with Crippen LogP contribution in [0.15, 0.2) is 29.3 Å². The topological polar surface area (TPSA) is 79.8 Å². The Morgan fingerprint density at radius 1 is 1.21 bits per heavy atom. The van der Waals surface area contributed by atoms with E-state index in [0.29, 0.717) is 12.5 Å². The molecule has 6 nitrogen and oxygen atoms in total. The minimum absolute atomic E-state index is 0.0149. The van der Waals surface area contributed by atoms with Crippen molar-refractivity contribution in [3.8, 4) is 5.75 Å². The van der Waals surface area contributed by atoms with E-state index < -0.39 is 22.6 Å². The number of ether oxygens (including phenoxy) is 1. The van der Waals surface area contributed by atoms with E-state index in [4.69, 9.17) is 0 Å². The highest BCUT2D eigenvalue weighted by molar-refractivity contribution is 7.90. The summed E-state index contributed by atoms with van der Waals surface area (Å²) in [5.74, 6) is 0.543. The number of guanidine groups is 1. The molecule has 0 aliphatic carbocycles. The highest BCUT2D eigenvalue weighted by atomic mass is 32.2. The van der Waals surface area contributed by atoms with Gasteiger partial charge < -0.3 is 15.4 Å². The fourth-order valence-corrected chi connectivity index (χ4v) is 2.10. The summed E-state index contributed by atoms with van der Waals surface area (Å²) in [5.41, 5.74) is 0.806. The number of sulfone groups is 1. The molecule has 0 amide bonds. The van der Waals surface area contributed by atoms with E-state index in [1.165, 1.54) is 12.1 Å². The van der Waals surface area contributed by atoms with E-state index >= 15 is 0 Å². The van der Waals surface area contributed by atoms with E-state index in [2.05, 4.69) is 20.4 Å². The largest absolute Gasteiger partial charge is 0.484 e. The maximum absolute atomic E-state index is 12.1. The van der Waals surface area contributed by atoms with Crippen molar-refractivity contribution in [2.45, 2.75) is 12.7 Å². The Bertz CT molecular complexity index is 643. The molecule has 24 heavy (non-hydrogen) atoms. The summed E-state index contributed by atoms with van der Waals surface area (Å²) in [5, 5.41) is 5.83. The van der Waals surface area contributed by atoms with Crippen molar-refractivity contribution in [3.63, 3.8) is 0 Å². The van der Waals surface area contributed by atoms with Gasteiger partial charge in [0, 0.05) is 26.4 Å². The fourth-order valence-electron chi connectivity index (χ4n) is 1.63. The Labute approximate surface area is 139 Å². The molecule has 2 N–H and O–H groups in total. The minimum Gasteiger partial charge on any atom is -0.484 e. The van der Waals surface area contributed by atoms with Gasteiger partial charge in [0.05, 0.1) is 5.75 Å². The van der Waals surface area contributed by atoms with Crippen molar-refractivity contribution >= 4 is 15.8 Å². The van der Waals surface area contributed by atoms with Gasteiger partial charge in [-0.05, 0) is 17.7 Å². The van der Waals surface area contributed by atoms with Crippen LogP contribution in [0.4, 0.5) is 13.2 Å². The first kappa shape index (κ1) is 20.1. The summed E-state index contributed by atoms with van der Waals surface area (Å²) in [6.07, 6.45) is -3.22. The Morgan fingerprint density at radius 2 is 1.83 bits per heavy atom. The second-order valence-corrected chi connectivity index (χ2v) is 7.29. The van der Waals surface area contributed by atoms with E-state index in [1.54, 1.807) is 19.2 Å². The molecule has 0 aliphatic heterocycles. The molecule has 0 radical (unpaired) electrons. The fraction of sp³-hybridized carbons (Fsp3) is 0.500. The second-order valence-electron chi connectivity index (χ2n) is 5.03. The van der Waals surface area contributed by atoms with Gasteiger partial charge in [0.15, 0.2) is 12.6 Å². The van der Waals surface area contributed by atoms with Gasteiger partial charge in [0.1, 0.15) is 15.6 Å². The molecule has 0 bridgehead atoms. The van der Waals surface area contributed by atoms with Gasteiger partial charge >= 0.3 is 6.18 Å². The minimum atomic E-state index is -4.37. The lowest BCUT2D eigenvalue weighted by atomic mass is 10.2. The average Bonchev–Trinajstić information content (AvgIpc) is 2.48. The van der Waals surface area contributed by atoms with E-state index in [-0.39, 0.29) is 18.0 Å². The number of rotatable bonds is 7. The van der Waals surface area contributed by atoms with Crippen LogP contribution in [0.5, 0.6) is 5.75 Å². The van der Waals surface area contributed by atoms with Crippen molar-refractivity contribution in [3.05, 3.63) is 29.8 Å². The molecule has 0 atom stereocenters. The first-order valence-electron chi connectivity index (χ1n) is 7.00. The Hall–Kier alpha value is -1.97. The predicted octanol–water partition coefficient (Wildman–Crippen LogP) is 1.34. The van der Waals surface area contributed by atoms with Crippen LogP contribution in [-0.4, -0.2) is 52.8 Å². The van der Waals surface area contributed by atoms with Gasteiger partial charge in [-0.25, -0.2) is 8.42 Å². The second kappa shape index (κ2) is 8.76. The molecule has 1 rings (SSSR count). The molecule has 0 saturated heterocycles.